The molecule has 4 nitrogen and oxygen atoms in total. The van der Waals surface area contributed by atoms with Crippen LogP contribution in [0.15, 0.2) is 23.6 Å². The summed E-state index contributed by atoms with van der Waals surface area (Å²) in [7, 11) is 0. The summed E-state index contributed by atoms with van der Waals surface area (Å²) in [6, 6.07) is 3.47. The maximum atomic E-state index is 11.6. The fourth-order valence-electron chi connectivity index (χ4n) is 1.42. The van der Waals surface area contributed by atoms with Crippen molar-refractivity contribution in [2.24, 2.45) is 5.92 Å². The highest BCUT2D eigenvalue weighted by molar-refractivity contribution is 7.10. The molecule has 1 atom stereocenters. The molecule has 0 fully saturated rings. The minimum absolute atomic E-state index is 0.0593. The molecule has 5 heteroatoms. The first-order valence-electron chi connectivity index (χ1n) is 5.73. The first-order valence-corrected chi connectivity index (χ1v) is 6.61. The Labute approximate surface area is 110 Å². The molecule has 2 N–H and O–H groups in total. The van der Waals surface area contributed by atoms with E-state index in [9.17, 15) is 9.59 Å². The summed E-state index contributed by atoms with van der Waals surface area (Å²) < 4.78 is 0. The lowest BCUT2D eigenvalue weighted by Gasteiger charge is -2.19. The third-order valence-electron chi connectivity index (χ3n) is 2.47. The second kappa shape index (κ2) is 6.96. The van der Waals surface area contributed by atoms with E-state index < -0.39 is 5.97 Å². The molecule has 0 aliphatic rings. The molecule has 0 saturated heterocycles. The van der Waals surface area contributed by atoms with E-state index >= 15 is 0 Å². The molecule has 0 saturated carbocycles. The van der Waals surface area contributed by atoms with Crippen LogP contribution in [0.2, 0.25) is 0 Å². The molecule has 0 bridgehead atoms. The third kappa shape index (κ3) is 5.14. The highest BCUT2D eigenvalue weighted by atomic mass is 32.1. The van der Waals surface area contributed by atoms with Crippen LogP contribution in [0, 0.1) is 5.92 Å². The van der Waals surface area contributed by atoms with Gasteiger partial charge >= 0.3 is 5.97 Å². The molecule has 0 aromatic carbocycles. The van der Waals surface area contributed by atoms with Crippen LogP contribution < -0.4 is 5.32 Å². The van der Waals surface area contributed by atoms with Gasteiger partial charge < -0.3 is 10.4 Å². The quantitative estimate of drug-likeness (QED) is 0.778. The molecule has 1 aromatic rings. The number of rotatable bonds is 6. The molecule has 0 aliphatic carbocycles. The van der Waals surface area contributed by atoms with Gasteiger partial charge in [-0.3, -0.25) is 9.59 Å². The predicted molar refractivity (Wildman–Crippen MR) is 72.4 cm³/mol. The zero-order valence-corrected chi connectivity index (χ0v) is 11.2. The minimum Gasteiger partial charge on any atom is -0.481 e. The van der Waals surface area contributed by atoms with Crippen LogP contribution in [0.4, 0.5) is 0 Å². The van der Waals surface area contributed by atoms with Crippen molar-refractivity contribution in [3.63, 3.8) is 0 Å². The Morgan fingerprint density at radius 1 is 1.50 bits per heavy atom. The molecular weight excluding hydrogens is 250 g/mol. The molecule has 1 rings (SSSR count). The second-order valence-corrected chi connectivity index (χ2v) is 5.28. The standard InChI is InChI=1S/C13H17NO3S/c1-9(2)11(8-13(16)17)14-12(15)6-5-10-4-3-7-18-10/h3-7,9,11H,8H2,1-2H3,(H,14,15)(H,16,17)/b6-5+. The van der Waals surface area contributed by atoms with Crippen LogP contribution >= 0.6 is 11.3 Å². The van der Waals surface area contributed by atoms with Crippen LogP contribution in [-0.4, -0.2) is 23.0 Å². The molecule has 0 aliphatic heterocycles. The number of carbonyl (C=O) groups is 2. The number of aliphatic carboxylic acids is 1. The second-order valence-electron chi connectivity index (χ2n) is 4.31. The fraction of sp³-hybridized carbons (Fsp3) is 0.385. The van der Waals surface area contributed by atoms with E-state index in [0.717, 1.165) is 4.88 Å². The number of carboxylic acid groups (broad SMARTS) is 1. The van der Waals surface area contributed by atoms with Gasteiger partial charge in [0.15, 0.2) is 0 Å². The van der Waals surface area contributed by atoms with Gasteiger partial charge in [0.2, 0.25) is 5.91 Å². The Balaban J connectivity index is 2.53. The smallest absolute Gasteiger partial charge is 0.305 e. The summed E-state index contributed by atoms with van der Waals surface area (Å²) in [6.07, 6.45) is 3.09. The van der Waals surface area contributed by atoms with E-state index in [-0.39, 0.29) is 24.3 Å². The number of nitrogens with one attached hydrogen (secondary N) is 1. The van der Waals surface area contributed by atoms with E-state index in [4.69, 9.17) is 5.11 Å². The lowest BCUT2D eigenvalue weighted by atomic mass is 10.0. The zero-order valence-electron chi connectivity index (χ0n) is 10.4. The van der Waals surface area contributed by atoms with Crippen LogP contribution in [-0.2, 0) is 9.59 Å². The number of carboxylic acids is 1. The van der Waals surface area contributed by atoms with E-state index in [0.29, 0.717) is 0 Å². The zero-order chi connectivity index (χ0) is 13.5. The van der Waals surface area contributed by atoms with Gasteiger partial charge in [0.1, 0.15) is 0 Å². The van der Waals surface area contributed by atoms with E-state index in [1.165, 1.54) is 17.4 Å². The number of carbonyl (C=O) groups excluding carboxylic acids is 1. The third-order valence-corrected chi connectivity index (χ3v) is 3.31. The molecule has 1 heterocycles. The lowest BCUT2D eigenvalue weighted by Crippen LogP contribution is -2.39. The van der Waals surface area contributed by atoms with Crippen molar-refractivity contribution in [3.8, 4) is 0 Å². The van der Waals surface area contributed by atoms with E-state index in [1.54, 1.807) is 6.08 Å². The van der Waals surface area contributed by atoms with Crippen LogP contribution in [0.25, 0.3) is 6.08 Å². The first kappa shape index (κ1) is 14.4. The van der Waals surface area contributed by atoms with Crippen molar-refractivity contribution in [2.75, 3.05) is 0 Å². The van der Waals surface area contributed by atoms with Gasteiger partial charge in [0, 0.05) is 17.0 Å². The number of hydrogen-bond acceptors (Lipinski definition) is 3. The summed E-state index contributed by atoms with van der Waals surface area (Å²) in [6.45, 7) is 3.77. The van der Waals surface area contributed by atoms with Crippen molar-refractivity contribution < 1.29 is 14.7 Å². The minimum atomic E-state index is -0.906. The summed E-state index contributed by atoms with van der Waals surface area (Å²) in [5.74, 6) is -1.08. The van der Waals surface area contributed by atoms with Crippen molar-refractivity contribution in [1.29, 1.82) is 0 Å². The molecule has 0 radical (unpaired) electrons. The highest BCUT2D eigenvalue weighted by Gasteiger charge is 2.18. The number of thiophene rings is 1. The summed E-state index contributed by atoms with van der Waals surface area (Å²) in [5.41, 5.74) is 0. The van der Waals surface area contributed by atoms with Crippen LogP contribution in [0.1, 0.15) is 25.1 Å². The summed E-state index contributed by atoms with van der Waals surface area (Å²) in [4.78, 5) is 23.3. The average molecular weight is 267 g/mol. The Kier molecular flexibility index (Phi) is 5.58. The lowest BCUT2D eigenvalue weighted by molar-refractivity contribution is -0.138. The van der Waals surface area contributed by atoms with E-state index in [2.05, 4.69) is 5.32 Å². The Bertz CT molecular complexity index is 423. The number of amides is 1. The van der Waals surface area contributed by atoms with Crippen molar-refractivity contribution in [2.45, 2.75) is 26.3 Å². The number of hydrogen-bond donors (Lipinski definition) is 2. The molecule has 1 unspecified atom stereocenters. The largest absolute Gasteiger partial charge is 0.481 e. The summed E-state index contributed by atoms with van der Waals surface area (Å²) >= 11 is 1.54. The molecule has 18 heavy (non-hydrogen) atoms. The predicted octanol–water partition coefficient (Wildman–Crippen LogP) is 2.38. The summed E-state index contributed by atoms with van der Waals surface area (Å²) in [5, 5.41) is 13.4. The van der Waals surface area contributed by atoms with Gasteiger partial charge in [-0.15, -0.1) is 11.3 Å². The maximum absolute atomic E-state index is 11.6. The molecule has 1 amide bonds. The normalized spacial score (nSPS) is 12.8. The van der Waals surface area contributed by atoms with Crippen molar-refractivity contribution in [3.05, 3.63) is 28.5 Å². The van der Waals surface area contributed by atoms with Crippen LogP contribution in [0.5, 0.6) is 0 Å². The Morgan fingerprint density at radius 3 is 2.72 bits per heavy atom. The molecule has 0 spiro atoms. The Morgan fingerprint density at radius 2 is 2.22 bits per heavy atom. The molecular formula is C13H17NO3S. The van der Waals surface area contributed by atoms with Crippen LogP contribution in [0.3, 0.4) is 0 Å². The maximum Gasteiger partial charge on any atom is 0.305 e. The van der Waals surface area contributed by atoms with Gasteiger partial charge in [0.25, 0.3) is 0 Å². The fourth-order valence-corrected chi connectivity index (χ4v) is 2.03. The first-order chi connectivity index (χ1) is 8.49. The van der Waals surface area contributed by atoms with Crippen molar-refractivity contribution >= 4 is 29.3 Å². The van der Waals surface area contributed by atoms with Gasteiger partial charge in [-0.05, 0) is 23.4 Å². The Hall–Kier alpha value is -1.62. The highest BCUT2D eigenvalue weighted by Crippen LogP contribution is 2.10. The average Bonchev–Trinajstić information content (AvgIpc) is 2.77. The van der Waals surface area contributed by atoms with Gasteiger partial charge in [-0.1, -0.05) is 19.9 Å². The van der Waals surface area contributed by atoms with Gasteiger partial charge in [-0.2, -0.15) is 0 Å². The SMILES string of the molecule is CC(C)C(CC(=O)O)NC(=O)/C=C/c1cccs1. The van der Waals surface area contributed by atoms with Gasteiger partial charge in [-0.25, -0.2) is 0 Å². The molecule has 1 aromatic heterocycles. The van der Waals surface area contributed by atoms with Crippen molar-refractivity contribution in [1.82, 2.24) is 5.32 Å². The molecule has 98 valence electrons. The van der Waals surface area contributed by atoms with E-state index in [1.807, 2.05) is 31.4 Å². The van der Waals surface area contributed by atoms with Gasteiger partial charge in [0.05, 0.1) is 6.42 Å². The monoisotopic (exact) mass is 267 g/mol. The topological polar surface area (TPSA) is 66.4 Å².